The molecule has 3 aliphatic rings. The maximum absolute atomic E-state index is 13.0. The summed E-state index contributed by atoms with van der Waals surface area (Å²) in [5.41, 5.74) is -0.788. The summed E-state index contributed by atoms with van der Waals surface area (Å²) < 4.78 is 5.64. The van der Waals surface area contributed by atoms with E-state index in [0.29, 0.717) is 25.9 Å². The zero-order valence-electron chi connectivity index (χ0n) is 15.3. The quantitative estimate of drug-likeness (QED) is 0.768. The fourth-order valence-electron chi connectivity index (χ4n) is 4.28. The summed E-state index contributed by atoms with van der Waals surface area (Å²) in [6, 6.07) is -0.423. The van der Waals surface area contributed by atoms with Crippen LogP contribution in [-0.2, 0) is 14.3 Å². The van der Waals surface area contributed by atoms with Crippen LogP contribution in [0.1, 0.15) is 58.8 Å². The molecule has 3 fully saturated rings. The molecule has 0 unspecified atom stereocenters. The molecule has 2 atom stereocenters. The van der Waals surface area contributed by atoms with Crippen LogP contribution in [0.15, 0.2) is 0 Å². The van der Waals surface area contributed by atoms with Gasteiger partial charge in [0.05, 0.1) is 12.2 Å². The van der Waals surface area contributed by atoms with Crippen LogP contribution in [0.25, 0.3) is 0 Å². The molecule has 3 rings (SSSR count). The number of rotatable bonds is 2. The fraction of sp³-hybridized carbons (Fsp3) is 0.833. The average molecular weight is 351 g/mol. The Labute approximate surface area is 149 Å². The molecule has 140 valence electrons. The maximum Gasteiger partial charge on any atom is 0.325 e. The van der Waals surface area contributed by atoms with Crippen molar-refractivity contribution < 1.29 is 19.1 Å². The number of morpholine rings is 1. The van der Waals surface area contributed by atoms with Gasteiger partial charge in [-0.05, 0) is 26.7 Å². The van der Waals surface area contributed by atoms with Crippen LogP contribution in [-0.4, -0.2) is 65.0 Å². The summed E-state index contributed by atoms with van der Waals surface area (Å²) in [7, 11) is 0. The van der Waals surface area contributed by atoms with Crippen molar-refractivity contribution >= 4 is 17.8 Å². The molecular weight excluding hydrogens is 322 g/mol. The van der Waals surface area contributed by atoms with Crippen LogP contribution >= 0.6 is 0 Å². The second-order valence-electron chi connectivity index (χ2n) is 7.73. The van der Waals surface area contributed by atoms with Crippen LogP contribution in [0, 0.1) is 0 Å². The highest BCUT2D eigenvalue weighted by Crippen LogP contribution is 2.32. The molecule has 0 aromatic carbocycles. The van der Waals surface area contributed by atoms with E-state index in [9.17, 15) is 14.4 Å². The van der Waals surface area contributed by atoms with Crippen molar-refractivity contribution in [1.82, 2.24) is 15.1 Å². The molecule has 2 aliphatic heterocycles. The molecule has 0 aromatic heterocycles. The van der Waals surface area contributed by atoms with Gasteiger partial charge in [0.15, 0.2) is 0 Å². The van der Waals surface area contributed by atoms with Gasteiger partial charge in [-0.25, -0.2) is 4.79 Å². The minimum Gasteiger partial charge on any atom is -0.372 e. The third-order valence-corrected chi connectivity index (χ3v) is 5.52. The van der Waals surface area contributed by atoms with Crippen LogP contribution in [0.2, 0.25) is 0 Å². The second kappa shape index (κ2) is 7.32. The lowest BCUT2D eigenvalue weighted by Crippen LogP contribution is -2.52. The first-order valence-corrected chi connectivity index (χ1v) is 9.49. The fourth-order valence-corrected chi connectivity index (χ4v) is 4.28. The summed E-state index contributed by atoms with van der Waals surface area (Å²) in [5.74, 6) is -0.407. The van der Waals surface area contributed by atoms with Crippen LogP contribution < -0.4 is 5.32 Å². The molecule has 0 bridgehead atoms. The topological polar surface area (TPSA) is 79.0 Å². The molecule has 25 heavy (non-hydrogen) atoms. The smallest absolute Gasteiger partial charge is 0.325 e. The van der Waals surface area contributed by atoms with Crippen LogP contribution in [0.4, 0.5) is 4.79 Å². The lowest BCUT2D eigenvalue weighted by molar-refractivity contribution is -0.147. The van der Waals surface area contributed by atoms with Crippen LogP contribution in [0.3, 0.4) is 0 Å². The van der Waals surface area contributed by atoms with E-state index in [0.717, 1.165) is 30.6 Å². The second-order valence-corrected chi connectivity index (χ2v) is 7.73. The van der Waals surface area contributed by atoms with E-state index in [-0.39, 0.29) is 30.6 Å². The van der Waals surface area contributed by atoms with E-state index < -0.39 is 11.6 Å². The van der Waals surface area contributed by atoms with E-state index in [1.807, 2.05) is 13.8 Å². The molecular formula is C18H29N3O4. The van der Waals surface area contributed by atoms with Gasteiger partial charge in [0.25, 0.3) is 5.91 Å². The Morgan fingerprint density at radius 2 is 1.64 bits per heavy atom. The first kappa shape index (κ1) is 18.2. The highest BCUT2D eigenvalue weighted by molar-refractivity contribution is 6.09. The Balaban J connectivity index is 1.67. The molecule has 1 N–H and O–H groups in total. The number of amides is 4. The van der Waals surface area contributed by atoms with Gasteiger partial charge in [0.1, 0.15) is 12.1 Å². The summed E-state index contributed by atoms with van der Waals surface area (Å²) in [6.07, 6.45) is 6.52. The van der Waals surface area contributed by atoms with Crippen molar-refractivity contribution in [2.75, 3.05) is 19.6 Å². The van der Waals surface area contributed by atoms with Gasteiger partial charge >= 0.3 is 6.03 Å². The van der Waals surface area contributed by atoms with Crippen molar-refractivity contribution in [2.45, 2.75) is 76.5 Å². The zero-order chi connectivity index (χ0) is 18.0. The van der Waals surface area contributed by atoms with Gasteiger partial charge < -0.3 is 15.0 Å². The van der Waals surface area contributed by atoms with E-state index in [4.69, 9.17) is 4.74 Å². The lowest BCUT2D eigenvalue weighted by Gasteiger charge is -2.36. The number of hydrogen-bond acceptors (Lipinski definition) is 4. The Bertz CT molecular complexity index is 532. The van der Waals surface area contributed by atoms with Gasteiger partial charge in [0, 0.05) is 13.1 Å². The van der Waals surface area contributed by atoms with Gasteiger partial charge in [-0.2, -0.15) is 0 Å². The van der Waals surface area contributed by atoms with Crippen molar-refractivity contribution in [3.8, 4) is 0 Å². The third-order valence-electron chi connectivity index (χ3n) is 5.52. The number of imide groups is 1. The van der Waals surface area contributed by atoms with Crippen LogP contribution in [0.5, 0.6) is 0 Å². The average Bonchev–Trinajstić information content (AvgIpc) is 2.75. The molecule has 7 nitrogen and oxygen atoms in total. The Morgan fingerprint density at radius 1 is 1.08 bits per heavy atom. The Kier molecular flexibility index (Phi) is 5.32. The Morgan fingerprint density at radius 3 is 2.24 bits per heavy atom. The van der Waals surface area contributed by atoms with E-state index >= 15 is 0 Å². The van der Waals surface area contributed by atoms with Crippen molar-refractivity contribution in [2.24, 2.45) is 0 Å². The SMILES string of the molecule is C[C@H]1CN(C(=O)CN2C(=O)NC3(CCCCCCC3)C2=O)C[C@H](C)O1. The first-order valence-electron chi connectivity index (χ1n) is 9.49. The van der Waals surface area contributed by atoms with Gasteiger partial charge in [0.2, 0.25) is 5.91 Å². The minimum absolute atomic E-state index is 0.0345. The number of hydrogen-bond donors (Lipinski definition) is 1. The normalized spacial score (nSPS) is 30.2. The lowest BCUT2D eigenvalue weighted by atomic mass is 9.84. The van der Waals surface area contributed by atoms with E-state index in [1.54, 1.807) is 4.90 Å². The minimum atomic E-state index is -0.788. The number of carbonyl (C=O) groups is 3. The van der Waals surface area contributed by atoms with Crippen molar-refractivity contribution in [3.63, 3.8) is 0 Å². The van der Waals surface area contributed by atoms with Gasteiger partial charge in [-0.15, -0.1) is 0 Å². The number of nitrogens with zero attached hydrogens (tertiary/aromatic N) is 2. The summed E-state index contributed by atoms with van der Waals surface area (Å²) in [6.45, 7) is 4.67. The van der Waals surface area contributed by atoms with Gasteiger partial charge in [-0.3, -0.25) is 14.5 Å². The zero-order valence-corrected chi connectivity index (χ0v) is 15.3. The molecule has 1 aliphatic carbocycles. The summed E-state index contributed by atoms with van der Waals surface area (Å²) in [4.78, 5) is 40.8. The summed E-state index contributed by atoms with van der Waals surface area (Å²) in [5, 5.41) is 2.90. The molecule has 0 radical (unpaired) electrons. The van der Waals surface area contributed by atoms with Gasteiger partial charge in [-0.1, -0.05) is 32.1 Å². The molecule has 0 aromatic rings. The predicted octanol–water partition coefficient (Wildman–Crippen LogP) is 1.66. The predicted molar refractivity (Wildman–Crippen MR) is 91.9 cm³/mol. The molecule has 1 spiro atoms. The highest BCUT2D eigenvalue weighted by Gasteiger charge is 2.51. The third kappa shape index (κ3) is 3.81. The maximum atomic E-state index is 13.0. The number of urea groups is 1. The molecule has 2 heterocycles. The van der Waals surface area contributed by atoms with E-state index in [2.05, 4.69) is 5.32 Å². The van der Waals surface area contributed by atoms with Crippen molar-refractivity contribution in [3.05, 3.63) is 0 Å². The standard InChI is InChI=1S/C18H29N3O4/c1-13-10-20(11-14(2)25-13)15(22)12-21-16(23)18(19-17(21)24)8-6-4-3-5-7-9-18/h13-14H,3-12H2,1-2H3,(H,19,24)/t13-,14-/m0/s1. The van der Waals surface area contributed by atoms with Crippen molar-refractivity contribution in [1.29, 1.82) is 0 Å². The molecule has 1 saturated carbocycles. The van der Waals surface area contributed by atoms with E-state index in [1.165, 1.54) is 6.42 Å². The molecule has 7 heteroatoms. The molecule has 4 amide bonds. The number of ether oxygens (including phenoxy) is 1. The number of carbonyl (C=O) groups excluding carboxylic acids is 3. The summed E-state index contributed by atoms with van der Waals surface area (Å²) >= 11 is 0. The monoisotopic (exact) mass is 351 g/mol. The Hall–Kier alpha value is -1.63. The number of nitrogens with one attached hydrogen (secondary N) is 1. The molecule has 2 saturated heterocycles. The largest absolute Gasteiger partial charge is 0.372 e. The first-order chi connectivity index (χ1) is 11.9. The highest BCUT2D eigenvalue weighted by atomic mass is 16.5.